The minimum absolute atomic E-state index is 0.152. The van der Waals surface area contributed by atoms with Gasteiger partial charge in [0.15, 0.2) is 0 Å². The van der Waals surface area contributed by atoms with Gasteiger partial charge < -0.3 is 10.6 Å². The summed E-state index contributed by atoms with van der Waals surface area (Å²) in [4.78, 5) is 17.9. The zero-order valence-electron chi connectivity index (χ0n) is 11.1. The highest BCUT2D eigenvalue weighted by Gasteiger charge is 2.06. The quantitative estimate of drug-likeness (QED) is 0.875. The minimum atomic E-state index is -0.152. The third-order valence-electron chi connectivity index (χ3n) is 3.02. The van der Waals surface area contributed by atoms with Crippen LogP contribution in [-0.2, 0) is 6.54 Å². The predicted molar refractivity (Wildman–Crippen MR) is 75.2 cm³/mol. The zero-order valence-corrected chi connectivity index (χ0v) is 11.1. The largest absolute Gasteiger partial charge is 0.383 e. The molecular formula is C13H17N5O. The number of hydrogen-bond acceptors (Lipinski definition) is 5. The Kier molecular flexibility index (Phi) is 3.79. The number of anilines is 2. The number of rotatable bonds is 4. The summed E-state index contributed by atoms with van der Waals surface area (Å²) in [6, 6.07) is 5.20. The summed E-state index contributed by atoms with van der Waals surface area (Å²) in [7, 11) is 1.92. The van der Waals surface area contributed by atoms with E-state index in [0.717, 1.165) is 17.8 Å². The van der Waals surface area contributed by atoms with Crippen LogP contribution in [0.4, 0.5) is 11.5 Å². The third kappa shape index (κ3) is 2.90. The number of nitrogen functional groups attached to an aromatic ring is 1. The Balaban J connectivity index is 2.28. The molecule has 2 heterocycles. The molecule has 0 aromatic carbocycles. The van der Waals surface area contributed by atoms with Crippen molar-refractivity contribution in [2.24, 2.45) is 0 Å². The number of hydrogen-bond donors (Lipinski definition) is 1. The molecule has 6 nitrogen and oxygen atoms in total. The first-order valence-corrected chi connectivity index (χ1v) is 6.09. The van der Waals surface area contributed by atoms with Gasteiger partial charge >= 0.3 is 0 Å². The van der Waals surface area contributed by atoms with Gasteiger partial charge in [-0.05, 0) is 13.0 Å². The molecule has 2 aromatic rings. The van der Waals surface area contributed by atoms with Crippen molar-refractivity contribution in [3.05, 3.63) is 46.5 Å². The Morgan fingerprint density at radius 2 is 2.26 bits per heavy atom. The average Bonchev–Trinajstić information content (AvgIpc) is 2.42. The fourth-order valence-electron chi connectivity index (χ4n) is 1.68. The van der Waals surface area contributed by atoms with Gasteiger partial charge in [0.05, 0.1) is 18.4 Å². The van der Waals surface area contributed by atoms with Crippen LogP contribution in [0.1, 0.15) is 12.5 Å². The predicted octanol–water partition coefficient (Wildman–Crippen LogP) is 0.725. The fourth-order valence-corrected chi connectivity index (χ4v) is 1.68. The van der Waals surface area contributed by atoms with Gasteiger partial charge in [-0.2, -0.15) is 5.10 Å². The van der Waals surface area contributed by atoms with Crippen molar-refractivity contribution in [1.29, 1.82) is 0 Å². The summed E-state index contributed by atoms with van der Waals surface area (Å²) in [5, 5.41) is 4.16. The van der Waals surface area contributed by atoms with Crippen LogP contribution >= 0.6 is 0 Å². The standard InChI is InChI=1S/C13H17N5O/c1-3-17(2)11-7-12(19)18(16-8-11)9-10-5-4-6-15-13(10)14/h4-8H,3,9H2,1-2H3,(H2,14,15). The van der Waals surface area contributed by atoms with Crippen LogP contribution in [0.3, 0.4) is 0 Å². The molecule has 2 N–H and O–H groups in total. The van der Waals surface area contributed by atoms with E-state index in [1.165, 1.54) is 4.68 Å². The summed E-state index contributed by atoms with van der Waals surface area (Å²) in [5.74, 6) is 0.422. The first-order chi connectivity index (χ1) is 9.11. The Hall–Kier alpha value is -2.37. The lowest BCUT2D eigenvalue weighted by molar-refractivity contribution is 0.637. The first-order valence-electron chi connectivity index (χ1n) is 6.09. The lowest BCUT2D eigenvalue weighted by Gasteiger charge is -2.16. The maximum atomic E-state index is 12.0. The second-order valence-electron chi connectivity index (χ2n) is 4.27. The van der Waals surface area contributed by atoms with Crippen molar-refractivity contribution in [1.82, 2.24) is 14.8 Å². The van der Waals surface area contributed by atoms with Crippen LogP contribution in [0, 0.1) is 0 Å². The molecule has 0 fully saturated rings. The van der Waals surface area contributed by atoms with E-state index < -0.39 is 0 Å². The van der Waals surface area contributed by atoms with E-state index in [-0.39, 0.29) is 5.56 Å². The van der Waals surface area contributed by atoms with E-state index in [1.54, 1.807) is 24.5 Å². The average molecular weight is 259 g/mol. The smallest absolute Gasteiger partial charge is 0.269 e. The van der Waals surface area contributed by atoms with Crippen LogP contribution in [0.5, 0.6) is 0 Å². The summed E-state index contributed by atoms with van der Waals surface area (Å²) >= 11 is 0. The number of aromatic nitrogens is 3. The molecule has 19 heavy (non-hydrogen) atoms. The van der Waals surface area contributed by atoms with Crippen LogP contribution in [0.15, 0.2) is 35.4 Å². The summed E-state index contributed by atoms with van der Waals surface area (Å²) in [6.45, 7) is 3.16. The summed E-state index contributed by atoms with van der Waals surface area (Å²) in [5.41, 5.74) is 7.20. The maximum Gasteiger partial charge on any atom is 0.269 e. The molecule has 2 rings (SSSR count). The van der Waals surface area contributed by atoms with Gasteiger partial charge in [0, 0.05) is 31.4 Å². The van der Waals surface area contributed by atoms with Crippen molar-refractivity contribution in [3.63, 3.8) is 0 Å². The van der Waals surface area contributed by atoms with Crippen molar-refractivity contribution in [2.45, 2.75) is 13.5 Å². The van der Waals surface area contributed by atoms with Gasteiger partial charge in [-0.15, -0.1) is 0 Å². The normalized spacial score (nSPS) is 10.4. The topological polar surface area (TPSA) is 77.0 Å². The summed E-state index contributed by atoms with van der Waals surface area (Å²) in [6.07, 6.45) is 3.30. The number of nitrogens with two attached hydrogens (primary N) is 1. The molecule has 0 aliphatic carbocycles. The zero-order chi connectivity index (χ0) is 13.8. The highest BCUT2D eigenvalue weighted by atomic mass is 16.1. The molecule has 0 aliphatic rings. The number of pyridine rings is 1. The van der Waals surface area contributed by atoms with E-state index in [2.05, 4.69) is 10.1 Å². The molecule has 100 valence electrons. The van der Waals surface area contributed by atoms with Crippen molar-refractivity contribution < 1.29 is 0 Å². The maximum absolute atomic E-state index is 12.0. The van der Waals surface area contributed by atoms with Gasteiger partial charge in [-0.25, -0.2) is 9.67 Å². The second kappa shape index (κ2) is 5.51. The highest BCUT2D eigenvalue weighted by molar-refractivity contribution is 5.42. The van der Waals surface area contributed by atoms with Gasteiger partial charge in [0.1, 0.15) is 5.82 Å². The molecule has 0 saturated carbocycles. The SMILES string of the molecule is CCN(C)c1cnn(Cc2cccnc2N)c(=O)c1. The number of nitrogens with zero attached hydrogens (tertiary/aromatic N) is 4. The second-order valence-corrected chi connectivity index (χ2v) is 4.27. The van der Waals surface area contributed by atoms with E-state index >= 15 is 0 Å². The van der Waals surface area contributed by atoms with Crippen LogP contribution in [0.25, 0.3) is 0 Å². The molecule has 0 saturated heterocycles. The monoisotopic (exact) mass is 259 g/mol. The lowest BCUT2D eigenvalue weighted by atomic mass is 10.2. The third-order valence-corrected chi connectivity index (χ3v) is 3.02. The minimum Gasteiger partial charge on any atom is -0.383 e. The van der Waals surface area contributed by atoms with Crippen LogP contribution in [0.2, 0.25) is 0 Å². The molecule has 0 amide bonds. The van der Waals surface area contributed by atoms with E-state index in [0.29, 0.717) is 12.4 Å². The van der Waals surface area contributed by atoms with Gasteiger partial charge in [-0.3, -0.25) is 4.79 Å². The van der Waals surface area contributed by atoms with E-state index in [9.17, 15) is 4.79 Å². The molecular weight excluding hydrogens is 242 g/mol. The first kappa shape index (κ1) is 13.1. The van der Waals surface area contributed by atoms with Crippen molar-refractivity contribution in [3.8, 4) is 0 Å². The fraction of sp³-hybridized carbons (Fsp3) is 0.308. The Labute approximate surface area is 111 Å². The Bertz CT molecular complexity index is 622. The Morgan fingerprint density at radius 1 is 1.47 bits per heavy atom. The van der Waals surface area contributed by atoms with Crippen LogP contribution in [-0.4, -0.2) is 28.4 Å². The van der Waals surface area contributed by atoms with Gasteiger partial charge in [0.2, 0.25) is 0 Å². The van der Waals surface area contributed by atoms with E-state index in [1.807, 2.05) is 24.9 Å². The Morgan fingerprint density at radius 3 is 2.89 bits per heavy atom. The molecule has 0 atom stereocenters. The lowest BCUT2D eigenvalue weighted by Crippen LogP contribution is -2.26. The van der Waals surface area contributed by atoms with Crippen molar-refractivity contribution >= 4 is 11.5 Å². The molecule has 0 radical (unpaired) electrons. The molecule has 2 aromatic heterocycles. The van der Waals surface area contributed by atoms with Gasteiger partial charge in [-0.1, -0.05) is 6.07 Å². The molecule has 0 bridgehead atoms. The summed E-state index contributed by atoms with van der Waals surface area (Å²) < 4.78 is 1.38. The van der Waals surface area contributed by atoms with Crippen molar-refractivity contribution in [2.75, 3.05) is 24.2 Å². The van der Waals surface area contributed by atoms with Crippen LogP contribution < -0.4 is 16.2 Å². The highest BCUT2D eigenvalue weighted by Crippen LogP contribution is 2.09. The van der Waals surface area contributed by atoms with E-state index in [4.69, 9.17) is 5.73 Å². The molecule has 0 spiro atoms. The molecule has 0 unspecified atom stereocenters. The molecule has 6 heteroatoms. The molecule has 0 aliphatic heterocycles. The van der Waals surface area contributed by atoms with Gasteiger partial charge in [0.25, 0.3) is 5.56 Å².